The molecule has 0 atom stereocenters. The summed E-state index contributed by atoms with van der Waals surface area (Å²) in [6.45, 7) is 8.34. The Labute approximate surface area is 158 Å². The lowest BCUT2D eigenvalue weighted by Gasteiger charge is -2.30. The third-order valence-electron chi connectivity index (χ3n) is 3.94. The molecule has 0 unspecified atom stereocenters. The lowest BCUT2D eigenvalue weighted by atomic mass is 10.2. The van der Waals surface area contributed by atoms with Crippen molar-refractivity contribution in [2.45, 2.75) is 58.1 Å². The minimum absolute atomic E-state index is 0.0573. The molecule has 1 aromatic heterocycles. The standard InChI is InChI=1S/C19H26FN3O2S/c1-13(2)23(14(3)4)18(25)12-26-19-21-17(11-24)10-22(19)9-15-5-7-16(20)8-6-15/h5-8,10,13-14,24H,9,11-12H2,1-4H3. The highest BCUT2D eigenvalue weighted by atomic mass is 32.2. The molecule has 2 rings (SSSR count). The maximum absolute atomic E-state index is 13.1. The first-order valence-electron chi connectivity index (χ1n) is 8.67. The summed E-state index contributed by atoms with van der Waals surface area (Å²) in [4.78, 5) is 18.8. The number of benzene rings is 1. The van der Waals surface area contributed by atoms with Gasteiger partial charge in [-0.2, -0.15) is 0 Å². The molecular weight excluding hydrogens is 353 g/mol. The van der Waals surface area contributed by atoms with E-state index in [9.17, 15) is 14.3 Å². The zero-order valence-electron chi connectivity index (χ0n) is 15.6. The maximum atomic E-state index is 13.1. The highest BCUT2D eigenvalue weighted by molar-refractivity contribution is 7.99. The van der Waals surface area contributed by atoms with Crippen molar-refractivity contribution in [1.82, 2.24) is 14.5 Å². The van der Waals surface area contributed by atoms with E-state index in [1.54, 1.807) is 18.3 Å². The van der Waals surface area contributed by atoms with Crippen molar-refractivity contribution in [3.05, 3.63) is 47.5 Å². The van der Waals surface area contributed by atoms with Crippen molar-refractivity contribution in [1.29, 1.82) is 0 Å². The first-order valence-corrected chi connectivity index (χ1v) is 9.65. The van der Waals surface area contributed by atoms with Crippen molar-refractivity contribution in [2.75, 3.05) is 5.75 Å². The van der Waals surface area contributed by atoms with Gasteiger partial charge in [-0.25, -0.2) is 9.37 Å². The zero-order valence-corrected chi connectivity index (χ0v) is 16.5. The van der Waals surface area contributed by atoms with Crippen LogP contribution >= 0.6 is 11.8 Å². The van der Waals surface area contributed by atoms with Crippen LogP contribution in [0.2, 0.25) is 0 Å². The number of thioether (sulfide) groups is 1. The van der Waals surface area contributed by atoms with Gasteiger partial charge in [0.15, 0.2) is 5.16 Å². The Balaban J connectivity index is 2.12. The monoisotopic (exact) mass is 379 g/mol. The molecule has 0 saturated carbocycles. The second-order valence-electron chi connectivity index (χ2n) is 6.70. The van der Waals surface area contributed by atoms with Crippen LogP contribution in [0.1, 0.15) is 39.0 Å². The maximum Gasteiger partial charge on any atom is 0.233 e. The SMILES string of the molecule is CC(C)N(C(=O)CSc1nc(CO)cn1Cc1ccc(F)cc1)C(C)C. The molecule has 142 valence electrons. The Morgan fingerprint density at radius 1 is 1.23 bits per heavy atom. The van der Waals surface area contributed by atoms with E-state index in [0.29, 0.717) is 17.4 Å². The van der Waals surface area contributed by atoms with Gasteiger partial charge in [0.05, 0.1) is 18.1 Å². The van der Waals surface area contributed by atoms with E-state index < -0.39 is 0 Å². The molecule has 1 aromatic carbocycles. The zero-order chi connectivity index (χ0) is 19.3. The summed E-state index contributed by atoms with van der Waals surface area (Å²) in [5.74, 6) is 0.0572. The molecule has 0 aliphatic carbocycles. The molecule has 1 N–H and O–H groups in total. The Morgan fingerprint density at radius 2 is 1.85 bits per heavy atom. The van der Waals surface area contributed by atoms with Crippen LogP contribution in [0.15, 0.2) is 35.6 Å². The predicted molar refractivity (Wildman–Crippen MR) is 101 cm³/mol. The lowest BCUT2D eigenvalue weighted by molar-refractivity contribution is -0.131. The van der Waals surface area contributed by atoms with Gasteiger partial charge in [-0.05, 0) is 45.4 Å². The van der Waals surface area contributed by atoms with Gasteiger partial charge >= 0.3 is 0 Å². The van der Waals surface area contributed by atoms with Gasteiger partial charge in [-0.1, -0.05) is 23.9 Å². The van der Waals surface area contributed by atoms with E-state index in [0.717, 1.165) is 5.56 Å². The number of aliphatic hydroxyl groups is 1. The van der Waals surface area contributed by atoms with Crippen molar-refractivity contribution in [3.63, 3.8) is 0 Å². The van der Waals surface area contributed by atoms with E-state index in [1.165, 1.54) is 23.9 Å². The normalized spacial score (nSPS) is 11.4. The Hall–Kier alpha value is -1.86. The molecule has 7 heteroatoms. The van der Waals surface area contributed by atoms with Gasteiger partial charge in [0.25, 0.3) is 0 Å². The topological polar surface area (TPSA) is 58.4 Å². The average molecular weight is 380 g/mol. The van der Waals surface area contributed by atoms with E-state index in [-0.39, 0.29) is 36.2 Å². The summed E-state index contributed by atoms with van der Waals surface area (Å²) in [6.07, 6.45) is 1.76. The van der Waals surface area contributed by atoms with Crippen LogP contribution in [-0.4, -0.2) is 43.3 Å². The molecule has 0 fully saturated rings. The third-order valence-corrected chi connectivity index (χ3v) is 4.92. The average Bonchev–Trinajstić information content (AvgIpc) is 2.96. The number of aromatic nitrogens is 2. The van der Waals surface area contributed by atoms with Crippen molar-refractivity contribution in [2.24, 2.45) is 0 Å². The summed E-state index contributed by atoms with van der Waals surface area (Å²) < 4.78 is 15.0. The molecule has 0 spiro atoms. The molecule has 2 aromatic rings. The minimum atomic E-state index is -0.280. The van der Waals surface area contributed by atoms with Crippen molar-refractivity contribution in [3.8, 4) is 0 Å². The molecule has 26 heavy (non-hydrogen) atoms. The van der Waals surface area contributed by atoms with Crippen LogP contribution in [0.5, 0.6) is 0 Å². The highest BCUT2D eigenvalue weighted by Crippen LogP contribution is 2.21. The van der Waals surface area contributed by atoms with Gasteiger partial charge in [0, 0.05) is 24.8 Å². The van der Waals surface area contributed by atoms with E-state index in [4.69, 9.17) is 0 Å². The highest BCUT2D eigenvalue weighted by Gasteiger charge is 2.21. The van der Waals surface area contributed by atoms with Gasteiger partial charge in [-0.3, -0.25) is 4.79 Å². The molecule has 0 aliphatic heterocycles. The number of nitrogens with zero attached hydrogens (tertiary/aromatic N) is 3. The molecule has 0 bridgehead atoms. The molecule has 1 amide bonds. The van der Waals surface area contributed by atoms with Crippen LogP contribution < -0.4 is 0 Å². The fraction of sp³-hybridized carbons (Fsp3) is 0.474. The van der Waals surface area contributed by atoms with Crippen molar-refractivity contribution < 1.29 is 14.3 Å². The van der Waals surface area contributed by atoms with Crippen LogP contribution in [0, 0.1) is 5.82 Å². The number of hydrogen-bond acceptors (Lipinski definition) is 4. The number of halogens is 1. The van der Waals surface area contributed by atoms with Crippen LogP contribution in [0.4, 0.5) is 4.39 Å². The molecule has 5 nitrogen and oxygen atoms in total. The predicted octanol–water partition coefficient (Wildman–Crippen LogP) is 3.30. The summed E-state index contributed by atoms with van der Waals surface area (Å²) in [6, 6.07) is 6.53. The molecule has 1 heterocycles. The summed E-state index contributed by atoms with van der Waals surface area (Å²) in [7, 11) is 0. The smallest absolute Gasteiger partial charge is 0.233 e. The first kappa shape index (κ1) is 20.5. The number of aliphatic hydroxyl groups excluding tert-OH is 1. The van der Waals surface area contributed by atoms with Gasteiger partial charge in [-0.15, -0.1) is 0 Å². The first-order chi connectivity index (χ1) is 12.3. The number of hydrogen-bond donors (Lipinski definition) is 1. The fourth-order valence-electron chi connectivity index (χ4n) is 2.92. The number of carbonyl (C=O) groups is 1. The molecule has 0 radical (unpaired) electrons. The molecule has 0 saturated heterocycles. The summed E-state index contributed by atoms with van der Waals surface area (Å²) >= 11 is 1.35. The molecule has 0 aliphatic rings. The second kappa shape index (κ2) is 9.19. The number of carbonyl (C=O) groups excluding carboxylic acids is 1. The quantitative estimate of drug-likeness (QED) is 0.715. The number of rotatable bonds is 8. The lowest BCUT2D eigenvalue weighted by Crippen LogP contribution is -2.43. The second-order valence-corrected chi connectivity index (χ2v) is 7.65. The van der Waals surface area contributed by atoms with E-state index in [1.807, 2.05) is 37.2 Å². The number of imidazole rings is 1. The summed E-state index contributed by atoms with van der Waals surface area (Å²) in [5, 5.41) is 10.0. The Kier molecular flexibility index (Phi) is 7.23. The van der Waals surface area contributed by atoms with Gasteiger partial charge in [0.2, 0.25) is 5.91 Å². The summed E-state index contributed by atoms with van der Waals surface area (Å²) in [5.41, 5.74) is 1.47. The van der Waals surface area contributed by atoms with E-state index in [2.05, 4.69) is 4.98 Å². The Morgan fingerprint density at radius 3 is 2.38 bits per heavy atom. The van der Waals surface area contributed by atoms with Crippen molar-refractivity contribution >= 4 is 17.7 Å². The minimum Gasteiger partial charge on any atom is -0.390 e. The van der Waals surface area contributed by atoms with E-state index >= 15 is 0 Å². The largest absolute Gasteiger partial charge is 0.390 e. The van der Waals surface area contributed by atoms with Crippen LogP contribution in [0.25, 0.3) is 0 Å². The third kappa shape index (κ3) is 5.32. The Bertz CT molecular complexity index is 721. The van der Waals surface area contributed by atoms with Gasteiger partial charge in [0.1, 0.15) is 5.82 Å². The fourth-order valence-corrected chi connectivity index (χ4v) is 3.78. The van der Waals surface area contributed by atoms with Crippen LogP contribution in [0.3, 0.4) is 0 Å². The van der Waals surface area contributed by atoms with Gasteiger partial charge < -0.3 is 14.6 Å². The number of amides is 1. The molecular formula is C19H26FN3O2S. The van der Waals surface area contributed by atoms with Crippen LogP contribution in [-0.2, 0) is 17.9 Å².